The molecule has 0 aliphatic rings. The number of hydrogen-bond acceptors (Lipinski definition) is 3. The van der Waals surface area contributed by atoms with Crippen molar-refractivity contribution in [2.24, 2.45) is 0 Å². The predicted molar refractivity (Wildman–Crippen MR) is 60.8 cm³/mol. The van der Waals surface area contributed by atoms with Crippen molar-refractivity contribution < 1.29 is 0 Å². The van der Waals surface area contributed by atoms with Gasteiger partial charge in [0.05, 0.1) is 11.9 Å². The third kappa shape index (κ3) is 3.34. The molecule has 0 radical (unpaired) electrons. The van der Waals surface area contributed by atoms with Crippen molar-refractivity contribution in [2.75, 3.05) is 31.6 Å². The number of anilines is 1. The van der Waals surface area contributed by atoms with Crippen LogP contribution in [0.3, 0.4) is 0 Å². The van der Waals surface area contributed by atoms with Crippen molar-refractivity contribution in [1.82, 2.24) is 10.3 Å². The van der Waals surface area contributed by atoms with E-state index in [2.05, 4.69) is 35.2 Å². The van der Waals surface area contributed by atoms with Gasteiger partial charge in [-0.2, -0.15) is 0 Å². The van der Waals surface area contributed by atoms with Crippen LogP contribution < -0.4 is 10.2 Å². The Morgan fingerprint density at radius 1 is 1.43 bits per heavy atom. The number of aryl methyl sites for hydroxylation is 1. The van der Waals surface area contributed by atoms with E-state index >= 15 is 0 Å². The van der Waals surface area contributed by atoms with E-state index in [1.54, 1.807) is 0 Å². The quantitative estimate of drug-likeness (QED) is 0.717. The molecule has 1 N–H and O–H groups in total. The van der Waals surface area contributed by atoms with E-state index in [4.69, 9.17) is 0 Å². The number of aromatic nitrogens is 1. The van der Waals surface area contributed by atoms with E-state index in [1.165, 1.54) is 5.69 Å². The van der Waals surface area contributed by atoms with Crippen molar-refractivity contribution in [3.63, 3.8) is 0 Å². The molecule has 0 saturated heterocycles. The topological polar surface area (TPSA) is 28.2 Å². The highest BCUT2D eigenvalue weighted by Gasteiger charge is 1.99. The highest BCUT2D eigenvalue weighted by molar-refractivity contribution is 5.43. The minimum absolute atomic E-state index is 1.01. The molecule has 0 fully saturated rings. The van der Waals surface area contributed by atoms with Crippen LogP contribution in [-0.2, 0) is 0 Å². The molecule has 0 aromatic carbocycles. The first-order valence-corrected chi connectivity index (χ1v) is 5.08. The Morgan fingerprint density at radius 2 is 2.21 bits per heavy atom. The van der Waals surface area contributed by atoms with Crippen molar-refractivity contribution in [1.29, 1.82) is 0 Å². The molecular weight excluding hydrogens is 174 g/mol. The molecule has 1 aromatic rings. The molecule has 0 saturated carbocycles. The van der Waals surface area contributed by atoms with Crippen LogP contribution in [0.15, 0.2) is 18.3 Å². The Hall–Kier alpha value is -1.09. The lowest BCUT2D eigenvalue weighted by atomic mass is 10.3. The number of pyridine rings is 1. The summed E-state index contributed by atoms with van der Waals surface area (Å²) in [6.45, 7) is 7.18. The predicted octanol–water partition coefficient (Wildman–Crippen LogP) is 1.44. The van der Waals surface area contributed by atoms with Crippen molar-refractivity contribution in [3.8, 4) is 0 Å². The maximum absolute atomic E-state index is 4.27. The average Bonchev–Trinajstić information content (AvgIpc) is 2.19. The van der Waals surface area contributed by atoms with Gasteiger partial charge in [-0.05, 0) is 25.6 Å². The van der Waals surface area contributed by atoms with Crippen LogP contribution in [0.2, 0.25) is 0 Å². The van der Waals surface area contributed by atoms with E-state index in [1.807, 2.05) is 19.2 Å². The summed E-state index contributed by atoms with van der Waals surface area (Å²) in [6.07, 6.45) is 1.92. The molecule has 0 atom stereocenters. The monoisotopic (exact) mass is 193 g/mol. The lowest BCUT2D eigenvalue weighted by Crippen LogP contribution is -2.28. The molecule has 0 amide bonds. The lowest BCUT2D eigenvalue weighted by Gasteiger charge is -2.18. The van der Waals surface area contributed by atoms with Gasteiger partial charge in [-0.3, -0.25) is 4.98 Å². The van der Waals surface area contributed by atoms with Crippen LogP contribution >= 0.6 is 0 Å². The molecule has 0 unspecified atom stereocenters. The molecule has 0 aliphatic carbocycles. The summed E-state index contributed by atoms with van der Waals surface area (Å²) in [6, 6.07) is 4.15. The molecule has 1 aromatic heterocycles. The van der Waals surface area contributed by atoms with Crippen molar-refractivity contribution in [2.45, 2.75) is 13.8 Å². The van der Waals surface area contributed by atoms with Gasteiger partial charge in [-0.25, -0.2) is 0 Å². The van der Waals surface area contributed by atoms with Crippen LogP contribution in [0.1, 0.15) is 12.6 Å². The van der Waals surface area contributed by atoms with Crippen LogP contribution in [0.4, 0.5) is 5.69 Å². The number of rotatable bonds is 5. The summed E-state index contributed by atoms with van der Waals surface area (Å²) in [5.41, 5.74) is 2.24. The van der Waals surface area contributed by atoms with Crippen LogP contribution in [0.5, 0.6) is 0 Å². The van der Waals surface area contributed by atoms with Crippen LogP contribution in [0, 0.1) is 6.92 Å². The zero-order chi connectivity index (χ0) is 10.4. The van der Waals surface area contributed by atoms with Gasteiger partial charge in [-0.15, -0.1) is 0 Å². The van der Waals surface area contributed by atoms with Gasteiger partial charge in [0.15, 0.2) is 0 Å². The van der Waals surface area contributed by atoms with Gasteiger partial charge in [-0.1, -0.05) is 6.92 Å². The summed E-state index contributed by atoms with van der Waals surface area (Å²) >= 11 is 0. The molecular formula is C11H19N3. The molecule has 78 valence electrons. The summed E-state index contributed by atoms with van der Waals surface area (Å²) in [5.74, 6) is 0. The van der Waals surface area contributed by atoms with E-state index in [9.17, 15) is 0 Å². The molecule has 0 aliphatic heterocycles. The molecule has 3 nitrogen and oxygen atoms in total. The van der Waals surface area contributed by atoms with Gasteiger partial charge in [0.25, 0.3) is 0 Å². The summed E-state index contributed by atoms with van der Waals surface area (Å²) in [4.78, 5) is 6.47. The van der Waals surface area contributed by atoms with Gasteiger partial charge < -0.3 is 10.2 Å². The molecule has 0 bridgehead atoms. The Labute approximate surface area is 86.2 Å². The van der Waals surface area contributed by atoms with E-state index in [0.717, 1.165) is 25.3 Å². The second-order valence-corrected chi connectivity index (χ2v) is 3.43. The zero-order valence-corrected chi connectivity index (χ0v) is 9.25. The Morgan fingerprint density at radius 3 is 2.79 bits per heavy atom. The SMILES string of the molecule is CCNCCN(C)c1ccc(C)nc1. The fourth-order valence-electron chi connectivity index (χ4n) is 1.24. The zero-order valence-electron chi connectivity index (χ0n) is 9.25. The Kier molecular flexibility index (Phi) is 4.40. The van der Waals surface area contributed by atoms with Gasteiger partial charge in [0.1, 0.15) is 0 Å². The first-order chi connectivity index (χ1) is 6.74. The molecule has 1 rings (SSSR count). The minimum Gasteiger partial charge on any atom is -0.372 e. The van der Waals surface area contributed by atoms with Crippen LogP contribution in [0.25, 0.3) is 0 Å². The second kappa shape index (κ2) is 5.60. The third-order valence-electron chi connectivity index (χ3n) is 2.21. The second-order valence-electron chi connectivity index (χ2n) is 3.43. The number of likely N-dealkylation sites (N-methyl/N-ethyl adjacent to an activating group) is 2. The summed E-state index contributed by atoms with van der Waals surface area (Å²) in [5, 5.41) is 3.30. The molecule has 14 heavy (non-hydrogen) atoms. The van der Waals surface area contributed by atoms with E-state index < -0.39 is 0 Å². The highest BCUT2D eigenvalue weighted by Crippen LogP contribution is 2.09. The summed E-state index contributed by atoms with van der Waals surface area (Å²) < 4.78 is 0. The first kappa shape index (κ1) is 11.0. The standard InChI is InChI=1S/C11H19N3/c1-4-12-7-8-14(3)11-6-5-10(2)13-9-11/h5-6,9,12H,4,7-8H2,1-3H3. The molecule has 3 heteroatoms. The molecule has 0 spiro atoms. The minimum atomic E-state index is 1.01. The van der Waals surface area contributed by atoms with E-state index in [0.29, 0.717) is 0 Å². The lowest BCUT2D eigenvalue weighted by molar-refractivity contribution is 0.705. The fourth-order valence-corrected chi connectivity index (χ4v) is 1.24. The van der Waals surface area contributed by atoms with E-state index in [-0.39, 0.29) is 0 Å². The number of hydrogen-bond donors (Lipinski definition) is 1. The molecule has 1 heterocycles. The maximum atomic E-state index is 4.27. The Balaban J connectivity index is 2.43. The van der Waals surface area contributed by atoms with Crippen molar-refractivity contribution >= 4 is 5.69 Å². The van der Waals surface area contributed by atoms with Crippen molar-refractivity contribution in [3.05, 3.63) is 24.0 Å². The largest absolute Gasteiger partial charge is 0.372 e. The first-order valence-electron chi connectivity index (χ1n) is 5.08. The average molecular weight is 193 g/mol. The van der Waals surface area contributed by atoms with Gasteiger partial charge in [0, 0.05) is 25.8 Å². The third-order valence-corrected chi connectivity index (χ3v) is 2.21. The smallest absolute Gasteiger partial charge is 0.0550 e. The summed E-state index contributed by atoms with van der Waals surface area (Å²) in [7, 11) is 2.09. The Bertz CT molecular complexity index is 256. The fraction of sp³-hybridized carbons (Fsp3) is 0.545. The van der Waals surface area contributed by atoms with Gasteiger partial charge >= 0.3 is 0 Å². The normalized spacial score (nSPS) is 10.2. The van der Waals surface area contributed by atoms with Gasteiger partial charge in [0.2, 0.25) is 0 Å². The maximum Gasteiger partial charge on any atom is 0.0550 e. The number of nitrogens with zero attached hydrogens (tertiary/aromatic N) is 2. The number of nitrogens with one attached hydrogen (secondary N) is 1. The van der Waals surface area contributed by atoms with Crippen LogP contribution in [-0.4, -0.2) is 31.7 Å². The highest BCUT2D eigenvalue weighted by atomic mass is 15.1.